The van der Waals surface area contributed by atoms with E-state index >= 15 is 0 Å². The summed E-state index contributed by atoms with van der Waals surface area (Å²) in [5, 5.41) is 2.77. The molecule has 2 amide bonds. The first kappa shape index (κ1) is 16.3. The summed E-state index contributed by atoms with van der Waals surface area (Å²) in [7, 11) is 3.06. The maximum atomic E-state index is 12.2. The van der Waals surface area contributed by atoms with Crippen LogP contribution in [0.3, 0.4) is 0 Å². The van der Waals surface area contributed by atoms with Gasteiger partial charge in [0.25, 0.3) is 0 Å². The Balaban J connectivity index is 1.91. The molecular weight excluding hydrogens is 284 g/mol. The van der Waals surface area contributed by atoms with Crippen molar-refractivity contribution in [2.24, 2.45) is 0 Å². The van der Waals surface area contributed by atoms with E-state index in [4.69, 9.17) is 4.74 Å². The van der Waals surface area contributed by atoms with Gasteiger partial charge in [0.2, 0.25) is 0 Å². The lowest BCUT2D eigenvalue weighted by molar-refractivity contribution is 0.00463. The summed E-state index contributed by atoms with van der Waals surface area (Å²) >= 11 is 0. The number of likely N-dealkylation sites (N-methyl/N-ethyl adjacent to an activating group) is 1. The molecule has 6 heteroatoms. The Labute approximate surface area is 130 Å². The second-order valence-corrected chi connectivity index (χ2v) is 5.37. The zero-order valence-electron chi connectivity index (χ0n) is 13.0. The van der Waals surface area contributed by atoms with Crippen LogP contribution in [0.15, 0.2) is 24.3 Å². The van der Waals surface area contributed by atoms with Crippen molar-refractivity contribution >= 4 is 17.7 Å². The molecular formula is C16H22N2O4. The first-order valence-corrected chi connectivity index (χ1v) is 7.42. The fraction of sp³-hybridized carbons (Fsp3) is 0.500. The van der Waals surface area contributed by atoms with Crippen molar-refractivity contribution in [3.63, 3.8) is 0 Å². The van der Waals surface area contributed by atoms with E-state index in [1.807, 2.05) is 0 Å². The Hall–Kier alpha value is -2.08. The van der Waals surface area contributed by atoms with Gasteiger partial charge >= 0.3 is 12.0 Å². The number of hydrogen-bond donors (Lipinski definition) is 1. The van der Waals surface area contributed by atoms with Crippen LogP contribution in [0.4, 0.5) is 10.5 Å². The third-order valence-corrected chi connectivity index (χ3v) is 3.63. The average Bonchev–Trinajstić information content (AvgIpc) is 2.55. The van der Waals surface area contributed by atoms with Gasteiger partial charge in [-0.1, -0.05) is 6.07 Å². The number of benzene rings is 1. The third kappa shape index (κ3) is 4.46. The number of anilines is 1. The highest BCUT2D eigenvalue weighted by Crippen LogP contribution is 2.15. The number of nitrogens with zero attached hydrogens (tertiary/aromatic N) is 1. The van der Waals surface area contributed by atoms with E-state index in [1.165, 1.54) is 7.11 Å². The zero-order valence-corrected chi connectivity index (χ0v) is 13.0. The molecule has 2 rings (SSSR count). The van der Waals surface area contributed by atoms with E-state index in [2.05, 4.69) is 10.1 Å². The van der Waals surface area contributed by atoms with Crippen molar-refractivity contribution in [1.29, 1.82) is 0 Å². The summed E-state index contributed by atoms with van der Waals surface area (Å²) in [6.07, 6.45) is 3.31. The molecule has 1 aromatic rings. The molecule has 0 bridgehead atoms. The highest BCUT2D eigenvalue weighted by Gasteiger charge is 2.19. The van der Waals surface area contributed by atoms with Crippen LogP contribution >= 0.6 is 0 Å². The van der Waals surface area contributed by atoms with Crippen LogP contribution in [-0.2, 0) is 9.47 Å². The van der Waals surface area contributed by atoms with Crippen LogP contribution in [0.1, 0.15) is 29.6 Å². The minimum atomic E-state index is -0.431. The summed E-state index contributed by atoms with van der Waals surface area (Å²) in [5.74, 6) is -0.431. The number of urea groups is 1. The van der Waals surface area contributed by atoms with Crippen molar-refractivity contribution < 1.29 is 19.1 Å². The summed E-state index contributed by atoms with van der Waals surface area (Å²) in [4.78, 5) is 25.3. The number of esters is 1. The number of nitrogens with one attached hydrogen (secondary N) is 1. The Morgan fingerprint density at radius 2 is 2.23 bits per heavy atom. The van der Waals surface area contributed by atoms with Gasteiger partial charge in [-0.15, -0.1) is 0 Å². The fourth-order valence-corrected chi connectivity index (χ4v) is 2.40. The Morgan fingerprint density at radius 3 is 2.91 bits per heavy atom. The number of ether oxygens (including phenoxy) is 2. The largest absolute Gasteiger partial charge is 0.465 e. The van der Waals surface area contributed by atoms with E-state index < -0.39 is 5.97 Å². The molecule has 1 heterocycles. The third-order valence-electron chi connectivity index (χ3n) is 3.63. The van der Waals surface area contributed by atoms with E-state index in [9.17, 15) is 9.59 Å². The second kappa shape index (κ2) is 7.79. The first-order chi connectivity index (χ1) is 10.6. The van der Waals surface area contributed by atoms with Crippen molar-refractivity contribution in [3.8, 4) is 0 Å². The molecule has 1 aliphatic heterocycles. The first-order valence-electron chi connectivity index (χ1n) is 7.42. The lowest BCUT2D eigenvalue weighted by atomic mass is 10.1. The fourth-order valence-electron chi connectivity index (χ4n) is 2.40. The zero-order chi connectivity index (χ0) is 15.9. The van der Waals surface area contributed by atoms with Crippen molar-refractivity contribution in [2.75, 3.05) is 32.6 Å². The smallest absolute Gasteiger partial charge is 0.337 e. The highest BCUT2D eigenvalue weighted by atomic mass is 16.5. The maximum Gasteiger partial charge on any atom is 0.337 e. The molecule has 1 aliphatic rings. The summed E-state index contributed by atoms with van der Waals surface area (Å²) in [6.45, 7) is 1.32. The van der Waals surface area contributed by atoms with Crippen molar-refractivity contribution in [2.45, 2.75) is 25.4 Å². The molecule has 6 nitrogen and oxygen atoms in total. The standard InChI is InChI=1S/C16H22N2O4/c1-18(11-14-8-3-4-9-22-14)16(20)17-13-7-5-6-12(10-13)15(19)21-2/h5-7,10,14H,3-4,8-9,11H2,1-2H3,(H,17,20)/t14-/m1/s1. The molecule has 0 aromatic heterocycles. The van der Waals surface area contributed by atoms with Crippen molar-refractivity contribution in [1.82, 2.24) is 4.90 Å². The van der Waals surface area contributed by atoms with Crippen molar-refractivity contribution in [3.05, 3.63) is 29.8 Å². The lowest BCUT2D eigenvalue weighted by Gasteiger charge is -2.27. The minimum absolute atomic E-state index is 0.103. The van der Waals surface area contributed by atoms with Gasteiger partial charge in [-0.05, 0) is 37.5 Å². The van der Waals surface area contributed by atoms with Gasteiger partial charge in [0.05, 0.1) is 18.8 Å². The van der Waals surface area contributed by atoms with E-state index in [0.29, 0.717) is 17.8 Å². The number of carbonyl (C=O) groups is 2. The van der Waals surface area contributed by atoms with Gasteiger partial charge in [-0.25, -0.2) is 9.59 Å². The highest BCUT2D eigenvalue weighted by molar-refractivity contribution is 5.93. The van der Waals surface area contributed by atoms with E-state index in [-0.39, 0.29) is 12.1 Å². The van der Waals surface area contributed by atoms with Crippen LogP contribution in [-0.4, -0.2) is 50.3 Å². The molecule has 1 fully saturated rings. The topological polar surface area (TPSA) is 67.9 Å². The maximum absolute atomic E-state index is 12.2. The molecule has 0 aliphatic carbocycles. The Kier molecular flexibility index (Phi) is 5.77. The number of rotatable bonds is 4. The monoisotopic (exact) mass is 306 g/mol. The Morgan fingerprint density at radius 1 is 1.41 bits per heavy atom. The van der Waals surface area contributed by atoms with Crippen LogP contribution < -0.4 is 5.32 Å². The predicted molar refractivity (Wildman–Crippen MR) is 83.0 cm³/mol. The number of methoxy groups -OCH3 is 1. The number of hydrogen-bond acceptors (Lipinski definition) is 4. The van der Waals surface area contributed by atoms with Gasteiger partial charge in [-0.3, -0.25) is 0 Å². The van der Waals surface area contributed by atoms with Gasteiger partial charge in [0.15, 0.2) is 0 Å². The van der Waals surface area contributed by atoms with Crippen LogP contribution in [0.2, 0.25) is 0 Å². The molecule has 0 saturated carbocycles. The van der Waals surface area contributed by atoms with Gasteiger partial charge in [0, 0.05) is 25.9 Å². The second-order valence-electron chi connectivity index (χ2n) is 5.37. The summed E-state index contributed by atoms with van der Waals surface area (Å²) in [5.41, 5.74) is 0.961. The lowest BCUT2D eigenvalue weighted by Crippen LogP contribution is -2.39. The van der Waals surface area contributed by atoms with Crippen LogP contribution in [0.5, 0.6) is 0 Å². The van der Waals surface area contributed by atoms with Gasteiger partial charge < -0.3 is 19.7 Å². The summed E-state index contributed by atoms with van der Waals surface area (Å²) in [6, 6.07) is 6.44. The van der Waals surface area contributed by atoms with Gasteiger partial charge in [-0.2, -0.15) is 0 Å². The molecule has 0 spiro atoms. The minimum Gasteiger partial charge on any atom is -0.465 e. The molecule has 1 atom stereocenters. The number of amides is 2. The van der Waals surface area contributed by atoms with E-state index in [1.54, 1.807) is 36.2 Å². The summed E-state index contributed by atoms with van der Waals surface area (Å²) < 4.78 is 10.3. The predicted octanol–water partition coefficient (Wildman–Crippen LogP) is 2.51. The van der Waals surface area contributed by atoms with Crippen LogP contribution in [0, 0.1) is 0 Å². The van der Waals surface area contributed by atoms with E-state index in [0.717, 1.165) is 25.9 Å². The molecule has 120 valence electrons. The van der Waals surface area contributed by atoms with Gasteiger partial charge in [0.1, 0.15) is 0 Å². The SMILES string of the molecule is COC(=O)c1cccc(NC(=O)N(C)C[C@H]2CCCCO2)c1. The Bertz CT molecular complexity index is 527. The number of carbonyl (C=O) groups excluding carboxylic acids is 2. The molecule has 1 N–H and O–H groups in total. The molecule has 0 unspecified atom stereocenters. The molecule has 0 radical (unpaired) electrons. The quantitative estimate of drug-likeness (QED) is 0.868. The normalized spacial score (nSPS) is 17.6. The average molecular weight is 306 g/mol. The molecule has 1 aromatic carbocycles. The van der Waals surface area contributed by atoms with Crippen LogP contribution in [0.25, 0.3) is 0 Å². The molecule has 22 heavy (non-hydrogen) atoms. The molecule has 1 saturated heterocycles.